The summed E-state index contributed by atoms with van der Waals surface area (Å²) in [6, 6.07) is 8.17. The van der Waals surface area contributed by atoms with E-state index >= 15 is 0 Å². The van der Waals surface area contributed by atoms with Crippen LogP contribution < -0.4 is 5.43 Å². The minimum Gasteiger partial charge on any atom is -0.288 e. The predicted molar refractivity (Wildman–Crippen MR) is 75.5 cm³/mol. The van der Waals surface area contributed by atoms with Gasteiger partial charge >= 0.3 is 0 Å². The summed E-state index contributed by atoms with van der Waals surface area (Å²) >= 11 is 1.61. The summed E-state index contributed by atoms with van der Waals surface area (Å²) in [6.07, 6.45) is 3.65. The van der Waals surface area contributed by atoms with Crippen LogP contribution in [0, 0.1) is 6.92 Å². The van der Waals surface area contributed by atoms with Gasteiger partial charge in [-0.25, -0.2) is 5.01 Å². The third kappa shape index (κ3) is 4.03. The zero-order valence-corrected chi connectivity index (χ0v) is 11.6. The maximum absolute atomic E-state index is 11.8. The second kappa shape index (κ2) is 6.81. The summed E-state index contributed by atoms with van der Waals surface area (Å²) in [5.41, 5.74) is 4.21. The molecule has 4 heteroatoms. The van der Waals surface area contributed by atoms with E-state index in [1.54, 1.807) is 11.8 Å². The molecular formula is C14H20N2OS. The second-order valence-electron chi connectivity index (χ2n) is 4.64. The number of benzene rings is 1. The number of carbonyl (C=O) groups excluding carboxylic acids is 1. The predicted octanol–water partition coefficient (Wildman–Crippen LogP) is 2.60. The maximum Gasteiger partial charge on any atom is 0.244 e. The van der Waals surface area contributed by atoms with Crippen LogP contribution in [0.4, 0.5) is 0 Å². The van der Waals surface area contributed by atoms with E-state index in [-0.39, 0.29) is 5.91 Å². The number of nitrogens with zero attached hydrogens (tertiary/aromatic N) is 1. The summed E-state index contributed by atoms with van der Waals surface area (Å²) in [4.78, 5) is 13.0. The minimum absolute atomic E-state index is 0.102. The van der Waals surface area contributed by atoms with E-state index in [2.05, 4.69) is 24.5 Å². The number of carbonyl (C=O) groups is 1. The molecule has 1 saturated heterocycles. The van der Waals surface area contributed by atoms with Crippen LogP contribution >= 0.6 is 11.8 Å². The van der Waals surface area contributed by atoms with E-state index in [1.807, 2.05) is 17.1 Å². The first-order valence-corrected chi connectivity index (χ1v) is 7.47. The molecule has 98 valence electrons. The fraction of sp³-hybridized carbons (Fsp3) is 0.500. The van der Waals surface area contributed by atoms with E-state index in [0.29, 0.717) is 5.75 Å². The Labute approximate surface area is 113 Å². The Hall–Kier alpha value is -1.00. The lowest BCUT2D eigenvalue weighted by molar-refractivity contribution is -0.123. The third-order valence-corrected chi connectivity index (χ3v) is 4.27. The minimum atomic E-state index is 0.102. The van der Waals surface area contributed by atoms with Crippen LogP contribution in [-0.2, 0) is 4.79 Å². The van der Waals surface area contributed by atoms with Crippen LogP contribution in [0.3, 0.4) is 0 Å². The number of hydrazine groups is 1. The van der Waals surface area contributed by atoms with Crippen molar-refractivity contribution in [3.63, 3.8) is 0 Å². The van der Waals surface area contributed by atoms with Crippen LogP contribution in [0.15, 0.2) is 29.2 Å². The van der Waals surface area contributed by atoms with Crippen molar-refractivity contribution in [2.75, 3.05) is 18.8 Å². The van der Waals surface area contributed by atoms with Crippen molar-refractivity contribution in [1.82, 2.24) is 10.4 Å². The second-order valence-corrected chi connectivity index (χ2v) is 5.65. The van der Waals surface area contributed by atoms with Gasteiger partial charge in [0.1, 0.15) is 0 Å². The maximum atomic E-state index is 11.8. The Kier molecular flexibility index (Phi) is 5.08. The SMILES string of the molecule is Cc1ccccc1SCC(=O)NN1CCCCC1. The normalized spacial score (nSPS) is 16.5. The largest absolute Gasteiger partial charge is 0.288 e. The van der Waals surface area contributed by atoms with Crippen LogP contribution in [-0.4, -0.2) is 29.8 Å². The summed E-state index contributed by atoms with van der Waals surface area (Å²) in [6.45, 7) is 4.05. The van der Waals surface area contributed by atoms with E-state index in [4.69, 9.17) is 0 Å². The zero-order valence-electron chi connectivity index (χ0n) is 10.8. The molecule has 18 heavy (non-hydrogen) atoms. The quantitative estimate of drug-likeness (QED) is 0.848. The van der Waals surface area contributed by atoms with Gasteiger partial charge in [-0.1, -0.05) is 24.6 Å². The smallest absolute Gasteiger partial charge is 0.244 e. The summed E-state index contributed by atoms with van der Waals surface area (Å²) in [5, 5.41) is 2.05. The van der Waals surface area contributed by atoms with Crippen LogP contribution in [0.2, 0.25) is 0 Å². The lowest BCUT2D eigenvalue weighted by Gasteiger charge is -2.26. The fourth-order valence-corrected chi connectivity index (χ4v) is 2.90. The van der Waals surface area contributed by atoms with Crippen molar-refractivity contribution < 1.29 is 4.79 Å². The fourth-order valence-electron chi connectivity index (χ4n) is 2.08. The first-order valence-electron chi connectivity index (χ1n) is 6.48. The van der Waals surface area contributed by atoms with Gasteiger partial charge in [0, 0.05) is 18.0 Å². The monoisotopic (exact) mass is 264 g/mol. The van der Waals surface area contributed by atoms with E-state index in [1.165, 1.54) is 29.7 Å². The number of piperidine rings is 1. The van der Waals surface area contributed by atoms with Gasteiger partial charge in [-0.3, -0.25) is 10.2 Å². The first-order chi connectivity index (χ1) is 8.75. The molecule has 1 fully saturated rings. The van der Waals surface area contributed by atoms with Gasteiger partial charge in [0.25, 0.3) is 0 Å². The van der Waals surface area contributed by atoms with Crippen molar-refractivity contribution in [3.8, 4) is 0 Å². The van der Waals surface area contributed by atoms with Gasteiger partial charge in [0.05, 0.1) is 5.75 Å². The van der Waals surface area contributed by atoms with Crippen LogP contribution in [0.25, 0.3) is 0 Å². The molecule has 0 aromatic heterocycles. The Bertz CT molecular complexity index is 403. The summed E-state index contributed by atoms with van der Waals surface area (Å²) in [7, 11) is 0. The van der Waals surface area contributed by atoms with Gasteiger partial charge in [-0.2, -0.15) is 0 Å². The topological polar surface area (TPSA) is 32.3 Å². The van der Waals surface area contributed by atoms with Crippen molar-refractivity contribution in [2.24, 2.45) is 0 Å². The molecule has 3 nitrogen and oxygen atoms in total. The average Bonchev–Trinajstić information content (AvgIpc) is 2.39. The Morgan fingerprint density at radius 3 is 2.72 bits per heavy atom. The number of hydrogen-bond donors (Lipinski definition) is 1. The van der Waals surface area contributed by atoms with Gasteiger partial charge in [0.15, 0.2) is 0 Å². The summed E-state index contributed by atoms with van der Waals surface area (Å²) < 4.78 is 0. The Morgan fingerprint density at radius 1 is 1.28 bits per heavy atom. The van der Waals surface area contributed by atoms with E-state index in [0.717, 1.165) is 13.1 Å². The molecule has 0 saturated carbocycles. The van der Waals surface area contributed by atoms with Crippen molar-refractivity contribution >= 4 is 17.7 Å². The van der Waals surface area contributed by atoms with Gasteiger partial charge in [-0.15, -0.1) is 11.8 Å². The highest BCUT2D eigenvalue weighted by molar-refractivity contribution is 8.00. The number of amides is 1. The average molecular weight is 264 g/mol. The van der Waals surface area contributed by atoms with Gasteiger partial charge < -0.3 is 0 Å². The number of rotatable bonds is 4. The molecule has 1 aromatic rings. The highest BCUT2D eigenvalue weighted by Gasteiger charge is 2.12. The van der Waals surface area contributed by atoms with Crippen molar-refractivity contribution in [3.05, 3.63) is 29.8 Å². The van der Waals surface area contributed by atoms with Crippen molar-refractivity contribution in [2.45, 2.75) is 31.1 Å². The Morgan fingerprint density at radius 2 is 2.00 bits per heavy atom. The zero-order chi connectivity index (χ0) is 12.8. The van der Waals surface area contributed by atoms with E-state index < -0.39 is 0 Å². The summed E-state index contributed by atoms with van der Waals surface area (Å²) in [5.74, 6) is 0.589. The molecule has 0 radical (unpaired) electrons. The number of aryl methyl sites for hydroxylation is 1. The standard InChI is InChI=1S/C14H20N2OS/c1-12-7-3-4-8-13(12)18-11-14(17)15-16-9-5-2-6-10-16/h3-4,7-8H,2,5-6,9-11H2,1H3,(H,15,17). The molecule has 1 amide bonds. The molecule has 1 aliphatic heterocycles. The molecule has 0 spiro atoms. The number of nitrogens with one attached hydrogen (secondary N) is 1. The van der Waals surface area contributed by atoms with Gasteiger partial charge in [0.2, 0.25) is 5.91 Å². The van der Waals surface area contributed by atoms with E-state index in [9.17, 15) is 4.79 Å². The molecule has 1 aliphatic rings. The Balaban J connectivity index is 1.76. The third-order valence-electron chi connectivity index (χ3n) is 3.09. The molecule has 1 heterocycles. The lowest BCUT2D eigenvalue weighted by Crippen LogP contribution is -2.45. The molecule has 0 aliphatic carbocycles. The number of hydrogen-bond acceptors (Lipinski definition) is 3. The van der Waals surface area contributed by atoms with Gasteiger partial charge in [-0.05, 0) is 31.4 Å². The molecule has 2 rings (SSSR count). The highest BCUT2D eigenvalue weighted by Crippen LogP contribution is 2.21. The molecule has 1 aromatic carbocycles. The van der Waals surface area contributed by atoms with Crippen LogP contribution in [0.5, 0.6) is 0 Å². The number of thioether (sulfide) groups is 1. The highest BCUT2D eigenvalue weighted by atomic mass is 32.2. The molecule has 1 N–H and O–H groups in total. The molecular weight excluding hydrogens is 244 g/mol. The molecule has 0 atom stereocenters. The van der Waals surface area contributed by atoms with Crippen LogP contribution in [0.1, 0.15) is 24.8 Å². The van der Waals surface area contributed by atoms with Crippen molar-refractivity contribution in [1.29, 1.82) is 0 Å². The first kappa shape index (κ1) is 13.4. The molecule has 0 bridgehead atoms. The lowest BCUT2D eigenvalue weighted by atomic mass is 10.2. The molecule has 0 unspecified atom stereocenters.